The van der Waals surface area contributed by atoms with E-state index in [-0.39, 0.29) is 5.56 Å². The first-order chi connectivity index (χ1) is 8.70. The van der Waals surface area contributed by atoms with Crippen molar-refractivity contribution in [1.29, 1.82) is 0 Å². The van der Waals surface area contributed by atoms with Crippen LogP contribution in [0, 0.1) is 0 Å². The van der Waals surface area contributed by atoms with Crippen molar-refractivity contribution in [2.24, 2.45) is 0 Å². The first-order valence-electron chi connectivity index (χ1n) is 5.31. The van der Waals surface area contributed by atoms with Gasteiger partial charge in [0, 0.05) is 28.8 Å². The van der Waals surface area contributed by atoms with Crippen LogP contribution in [0.5, 0.6) is 0 Å². The molecule has 1 aromatic heterocycles. The van der Waals surface area contributed by atoms with Gasteiger partial charge in [0.2, 0.25) is 0 Å². The van der Waals surface area contributed by atoms with Crippen LogP contribution in [-0.2, 0) is 16.0 Å². The van der Waals surface area contributed by atoms with Crippen LogP contribution in [-0.4, -0.2) is 16.7 Å². The van der Waals surface area contributed by atoms with E-state index in [4.69, 9.17) is 16.3 Å². The molecule has 0 amide bonds. The van der Waals surface area contributed by atoms with Gasteiger partial charge in [-0.15, -0.1) is 0 Å². The molecule has 0 radical (unpaired) electrons. The van der Waals surface area contributed by atoms with E-state index in [2.05, 4.69) is 10.2 Å². The van der Waals surface area contributed by atoms with Crippen molar-refractivity contribution in [3.63, 3.8) is 0 Å². The maximum atomic E-state index is 11.0. The number of rotatable bonds is 5. The molecule has 5 nitrogen and oxygen atoms in total. The Morgan fingerprint density at radius 2 is 2.11 bits per heavy atom. The molecule has 2 N–H and O–H groups in total. The number of hydrogen-bond acceptors (Lipinski definition) is 3. The highest BCUT2D eigenvalue weighted by Crippen LogP contribution is 2.27. The number of aromatic amines is 2. The maximum Gasteiger partial charge on any atom is 0.293 e. The number of benzene rings is 1. The van der Waals surface area contributed by atoms with Gasteiger partial charge in [0.05, 0.1) is 0 Å². The standard InChI is InChI=1S/C12H11ClN2O3/c13-10-4-2-1-3-9(10)11(18-7-16)5-8-6-12(17)15-14-8/h1-4,6-7,11H,5H2,(H2,14,15,17). The van der Waals surface area contributed by atoms with Crippen molar-refractivity contribution < 1.29 is 9.53 Å². The molecule has 6 heteroatoms. The molecule has 1 unspecified atom stereocenters. The summed E-state index contributed by atoms with van der Waals surface area (Å²) in [7, 11) is 0. The monoisotopic (exact) mass is 266 g/mol. The second kappa shape index (κ2) is 5.55. The molecule has 1 heterocycles. The number of ether oxygens (including phenoxy) is 1. The fraction of sp³-hybridized carbons (Fsp3) is 0.167. The maximum absolute atomic E-state index is 11.0. The molecule has 0 aliphatic rings. The molecule has 18 heavy (non-hydrogen) atoms. The Labute approximate surface area is 108 Å². The van der Waals surface area contributed by atoms with Crippen LogP contribution in [0.4, 0.5) is 0 Å². The largest absolute Gasteiger partial charge is 0.459 e. The van der Waals surface area contributed by atoms with E-state index in [9.17, 15) is 9.59 Å². The summed E-state index contributed by atoms with van der Waals surface area (Å²) in [4.78, 5) is 21.6. The molecule has 0 saturated heterocycles. The third-order valence-corrected chi connectivity index (χ3v) is 2.87. The number of nitrogens with one attached hydrogen (secondary N) is 2. The second-order valence-electron chi connectivity index (χ2n) is 3.73. The molecule has 0 spiro atoms. The zero-order valence-corrected chi connectivity index (χ0v) is 10.1. The highest BCUT2D eigenvalue weighted by atomic mass is 35.5. The molecular weight excluding hydrogens is 256 g/mol. The summed E-state index contributed by atoms with van der Waals surface area (Å²) < 4.78 is 5.02. The molecular formula is C12H11ClN2O3. The summed E-state index contributed by atoms with van der Waals surface area (Å²) >= 11 is 6.05. The van der Waals surface area contributed by atoms with Gasteiger partial charge in [0.15, 0.2) is 0 Å². The molecule has 0 saturated carbocycles. The molecule has 1 aromatic carbocycles. The number of aromatic nitrogens is 2. The molecule has 0 aliphatic carbocycles. The Kier molecular flexibility index (Phi) is 3.84. The molecule has 94 valence electrons. The van der Waals surface area contributed by atoms with Crippen LogP contribution in [0.3, 0.4) is 0 Å². The lowest BCUT2D eigenvalue weighted by atomic mass is 10.0. The Balaban J connectivity index is 2.26. The quantitative estimate of drug-likeness (QED) is 0.811. The smallest absolute Gasteiger partial charge is 0.293 e. The molecule has 0 fully saturated rings. The first kappa shape index (κ1) is 12.4. The van der Waals surface area contributed by atoms with Gasteiger partial charge in [-0.1, -0.05) is 29.8 Å². The van der Waals surface area contributed by atoms with Crippen molar-refractivity contribution in [2.75, 3.05) is 0 Å². The number of halogens is 1. The van der Waals surface area contributed by atoms with E-state index >= 15 is 0 Å². The highest BCUT2D eigenvalue weighted by molar-refractivity contribution is 6.31. The fourth-order valence-corrected chi connectivity index (χ4v) is 1.97. The molecule has 0 bridgehead atoms. The fourth-order valence-electron chi connectivity index (χ4n) is 1.72. The van der Waals surface area contributed by atoms with E-state index in [1.54, 1.807) is 18.2 Å². The zero-order valence-electron chi connectivity index (χ0n) is 9.35. The number of hydrogen-bond donors (Lipinski definition) is 2. The third-order valence-electron chi connectivity index (χ3n) is 2.53. The normalized spacial score (nSPS) is 12.1. The van der Waals surface area contributed by atoms with E-state index in [0.717, 1.165) is 0 Å². The lowest BCUT2D eigenvalue weighted by Crippen LogP contribution is -2.08. The van der Waals surface area contributed by atoms with Crippen molar-refractivity contribution in [3.05, 3.63) is 57.0 Å². The Bertz CT molecular complexity index is 591. The second-order valence-corrected chi connectivity index (χ2v) is 4.14. The minimum atomic E-state index is -0.525. The topological polar surface area (TPSA) is 75.0 Å². The summed E-state index contributed by atoms with van der Waals surface area (Å²) in [6.45, 7) is 0.374. The summed E-state index contributed by atoms with van der Waals surface area (Å²) in [5.41, 5.74) is 1.12. The number of H-pyrrole nitrogens is 2. The SMILES string of the molecule is O=COC(Cc1cc(=O)[nH][nH]1)c1ccccc1Cl. The number of carbonyl (C=O) groups excluding carboxylic acids is 1. The average molecular weight is 267 g/mol. The highest BCUT2D eigenvalue weighted by Gasteiger charge is 2.17. The van der Waals surface area contributed by atoms with Crippen molar-refractivity contribution in [3.8, 4) is 0 Å². The van der Waals surface area contributed by atoms with Crippen molar-refractivity contribution >= 4 is 18.1 Å². The number of carbonyl (C=O) groups is 1. The van der Waals surface area contributed by atoms with Gasteiger partial charge in [-0.25, -0.2) is 0 Å². The van der Waals surface area contributed by atoms with Crippen LogP contribution < -0.4 is 5.56 Å². The predicted molar refractivity (Wildman–Crippen MR) is 66.5 cm³/mol. The molecule has 1 atom stereocenters. The lowest BCUT2D eigenvalue weighted by Gasteiger charge is -2.15. The molecule has 2 rings (SSSR count). The summed E-state index contributed by atoms with van der Waals surface area (Å²) in [6, 6.07) is 8.52. The van der Waals surface area contributed by atoms with Gasteiger partial charge in [-0.2, -0.15) is 0 Å². The van der Waals surface area contributed by atoms with Crippen LogP contribution in [0.2, 0.25) is 5.02 Å². The minimum Gasteiger partial charge on any atom is -0.459 e. The van der Waals surface area contributed by atoms with Gasteiger partial charge < -0.3 is 9.84 Å². The van der Waals surface area contributed by atoms with E-state index in [1.165, 1.54) is 6.07 Å². The summed E-state index contributed by atoms with van der Waals surface area (Å²) in [6.07, 6.45) is -0.177. The molecule has 0 aliphatic heterocycles. The van der Waals surface area contributed by atoms with E-state index in [0.29, 0.717) is 29.2 Å². The summed E-state index contributed by atoms with van der Waals surface area (Å²) in [5, 5.41) is 5.65. The zero-order chi connectivity index (χ0) is 13.0. The van der Waals surface area contributed by atoms with Gasteiger partial charge in [0.1, 0.15) is 6.10 Å². The Morgan fingerprint density at radius 3 is 2.72 bits per heavy atom. The Hall–Kier alpha value is -2.01. The minimum absolute atomic E-state index is 0.228. The summed E-state index contributed by atoms with van der Waals surface area (Å²) in [5.74, 6) is 0. The molecule has 2 aromatic rings. The lowest BCUT2D eigenvalue weighted by molar-refractivity contribution is -0.133. The third kappa shape index (κ3) is 2.81. The van der Waals surface area contributed by atoms with Gasteiger partial charge in [0.25, 0.3) is 12.0 Å². The predicted octanol–water partition coefficient (Wildman–Crippen LogP) is 1.81. The van der Waals surface area contributed by atoms with E-state index in [1.807, 2.05) is 6.07 Å². The first-order valence-corrected chi connectivity index (χ1v) is 5.68. The van der Waals surface area contributed by atoms with E-state index < -0.39 is 6.10 Å². The van der Waals surface area contributed by atoms with Gasteiger partial charge >= 0.3 is 0 Å². The van der Waals surface area contributed by atoms with Gasteiger partial charge in [-0.05, 0) is 6.07 Å². The van der Waals surface area contributed by atoms with Crippen molar-refractivity contribution in [1.82, 2.24) is 10.2 Å². The van der Waals surface area contributed by atoms with Crippen LogP contribution in [0.1, 0.15) is 17.4 Å². The van der Waals surface area contributed by atoms with Crippen LogP contribution in [0.25, 0.3) is 0 Å². The average Bonchev–Trinajstić information content (AvgIpc) is 2.75. The van der Waals surface area contributed by atoms with Crippen molar-refractivity contribution in [2.45, 2.75) is 12.5 Å². The Morgan fingerprint density at radius 1 is 1.33 bits per heavy atom. The van der Waals surface area contributed by atoms with Crippen LogP contribution >= 0.6 is 11.6 Å². The van der Waals surface area contributed by atoms with Gasteiger partial charge in [-0.3, -0.25) is 14.7 Å². The van der Waals surface area contributed by atoms with Crippen LogP contribution in [0.15, 0.2) is 35.1 Å².